The molecule has 0 aromatic heterocycles. The molecule has 98 valence electrons. The number of hydrogen-bond acceptors (Lipinski definition) is 4. The van der Waals surface area contributed by atoms with Crippen LogP contribution in [0.4, 0.5) is 0 Å². The first kappa shape index (κ1) is 12.3. The molecule has 0 spiro atoms. The van der Waals surface area contributed by atoms with Crippen molar-refractivity contribution >= 4 is 15.9 Å². The fourth-order valence-corrected chi connectivity index (χ4v) is 2.91. The van der Waals surface area contributed by atoms with E-state index < -0.39 is 0 Å². The van der Waals surface area contributed by atoms with Crippen molar-refractivity contribution < 1.29 is 14.2 Å². The largest absolute Gasteiger partial charge is 0.454 e. The summed E-state index contributed by atoms with van der Waals surface area (Å²) in [6.07, 6.45) is 2.72. The minimum absolute atomic E-state index is 0.306. The molecular formula is C13H16BrNO3. The average Bonchev–Trinajstić information content (AvgIpc) is 2.99. The molecule has 4 nitrogen and oxygen atoms in total. The van der Waals surface area contributed by atoms with Gasteiger partial charge in [-0.05, 0) is 46.5 Å². The predicted octanol–water partition coefficient (Wildman–Crippen LogP) is 2.45. The Bertz CT molecular complexity index is 432. The van der Waals surface area contributed by atoms with E-state index in [9.17, 15) is 0 Å². The Labute approximate surface area is 115 Å². The Morgan fingerprint density at radius 1 is 1.33 bits per heavy atom. The predicted molar refractivity (Wildman–Crippen MR) is 70.9 cm³/mol. The summed E-state index contributed by atoms with van der Waals surface area (Å²) in [6.45, 7) is 2.93. The first-order valence-electron chi connectivity index (χ1n) is 6.23. The van der Waals surface area contributed by atoms with Gasteiger partial charge in [0.2, 0.25) is 6.79 Å². The van der Waals surface area contributed by atoms with E-state index in [0.29, 0.717) is 12.9 Å². The molecule has 1 saturated heterocycles. The van der Waals surface area contributed by atoms with Crippen LogP contribution in [0.1, 0.15) is 18.4 Å². The van der Waals surface area contributed by atoms with Crippen LogP contribution in [0.2, 0.25) is 0 Å². The Balaban J connectivity index is 1.57. The van der Waals surface area contributed by atoms with E-state index in [1.807, 2.05) is 6.07 Å². The molecule has 2 aliphatic rings. The first-order chi connectivity index (χ1) is 8.83. The molecule has 5 heteroatoms. The maximum Gasteiger partial charge on any atom is 0.231 e. The maximum atomic E-state index is 5.57. The van der Waals surface area contributed by atoms with Gasteiger partial charge in [-0.1, -0.05) is 0 Å². The molecule has 1 unspecified atom stereocenters. The van der Waals surface area contributed by atoms with Gasteiger partial charge in [-0.3, -0.25) is 0 Å². The van der Waals surface area contributed by atoms with Gasteiger partial charge in [0.25, 0.3) is 0 Å². The van der Waals surface area contributed by atoms with Gasteiger partial charge in [-0.25, -0.2) is 0 Å². The number of halogens is 1. The molecule has 0 aliphatic carbocycles. The quantitative estimate of drug-likeness (QED) is 0.927. The van der Waals surface area contributed by atoms with Crippen LogP contribution < -0.4 is 14.8 Å². The van der Waals surface area contributed by atoms with Crippen molar-refractivity contribution in [3.05, 3.63) is 22.2 Å². The van der Waals surface area contributed by atoms with Crippen LogP contribution in [0.5, 0.6) is 11.5 Å². The number of hydrogen-bond donors (Lipinski definition) is 1. The van der Waals surface area contributed by atoms with Crippen molar-refractivity contribution in [2.45, 2.75) is 25.5 Å². The average molecular weight is 314 g/mol. The summed E-state index contributed by atoms with van der Waals surface area (Å²) in [5.74, 6) is 1.62. The second-order valence-corrected chi connectivity index (χ2v) is 5.43. The van der Waals surface area contributed by atoms with Crippen molar-refractivity contribution in [2.24, 2.45) is 0 Å². The molecule has 0 saturated carbocycles. The summed E-state index contributed by atoms with van der Waals surface area (Å²) in [6, 6.07) is 4.09. The van der Waals surface area contributed by atoms with Gasteiger partial charge in [-0.15, -0.1) is 0 Å². The van der Waals surface area contributed by atoms with E-state index in [-0.39, 0.29) is 0 Å². The van der Waals surface area contributed by atoms with Crippen LogP contribution in [0.15, 0.2) is 16.6 Å². The standard InChI is InChI=1S/C13H16BrNO3/c14-11-4-9(5-12-13(11)18-8-17-12)6-15-7-10-2-1-3-16-10/h4-5,10,15H,1-3,6-8H2. The van der Waals surface area contributed by atoms with Gasteiger partial charge in [0, 0.05) is 19.7 Å². The van der Waals surface area contributed by atoms with Gasteiger partial charge in [0.05, 0.1) is 10.6 Å². The third kappa shape index (κ3) is 2.63. The zero-order chi connectivity index (χ0) is 12.4. The molecule has 1 aromatic carbocycles. The van der Waals surface area contributed by atoms with E-state index in [1.54, 1.807) is 0 Å². The van der Waals surface area contributed by atoms with Crippen molar-refractivity contribution in [1.82, 2.24) is 5.32 Å². The maximum absolute atomic E-state index is 5.57. The molecule has 2 aliphatic heterocycles. The van der Waals surface area contributed by atoms with E-state index in [0.717, 1.165) is 42.1 Å². The van der Waals surface area contributed by atoms with E-state index >= 15 is 0 Å². The highest BCUT2D eigenvalue weighted by Crippen LogP contribution is 2.39. The van der Waals surface area contributed by atoms with Crippen molar-refractivity contribution in [2.75, 3.05) is 19.9 Å². The van der Waals surface area contributed by atoms with Crippen LogP contribution in [-0.2, 0) is 11.3 Å². The molecule has 1 atom stereocenters. The monoisotopic (exact) mass is 313 g/mol. The lowest BCUT2D eigenvalue weighted by molar-refractivity contribution is 0.110. The number of rotatable bonds is 4. The van der Waals surface area contributed by atoms with Crippen LogP contribution >= 0.6 is 15.9 Å². The highest BCUT2D eigenvalue weighted by Gasteiger charge is 2.18. The highest BCUT2D eigenvalue weighted by atomic mass is 79.9. The minimum atomic E-state index is 0.306. The second kappa shape index (κ2) is 5.47. The molecule has 0 bridgehead atoms. The third-order valence-corrected chi connectivity index (χ3v) is 3.80. The van der Waals surface area contributed by atoms with Crippen molar-refractivity contribution in [3.8, 4) is 11.5 Å². The summed E-state index contributed by atoms with van der Waals surface area (Å²) in [7, 11) is 0. The highest BCUT2D eigenvalue weighted by molar-refractivity contribution is 9.10. The first-order valence-corrected chi connectivity index (χ1v) is 7.02. The summed E-state index contributed by atoms with van der Waals surface area (Å²) in [4.78, 5) is 0. The Morgan fingerprint density at radius 3 is 3.11 bits per heavy atom. The lowest BCUT2D eigenvalue weighted by atomic mass is 10.2. The van der Waals surface area contributed by atoms with Crippen molar-refractivity contribution in [1.29, 1.82) is 0 Å². The zero-order valence-electron chi connectivity index (χ0n) is 10.1. The van der Waals surface area contributed by atoms with Gasteiger partial charge in [-0.2, -0.15) is 0 Å². The number of benzene rings is 1. The van der Waals surface area contributed by atoms with Crippen molar-refractivity contribution in [3.63, 3.8) is 0 Å². The lowest BCUT2D eigenvalue weighted by Gasteiger charge is -2.11. The number of fused-ring (bicyclic) bond motifs is 1. The van der Waals surface area contributed by atoms with E-state index in [2.05, 4.69) is 27.3 Å². The van der Waals surface area contributed by atoms with E-state index in [1.165, 1.54) is 12.0 Å². The van der Waals surface area contributed by atoms with Crippen LogP contribution in [0.25, 0.3) is 0 Å². The van der Waals surface area contributed by atoms with E-state index in [4.69, 9.17) is 14.2 Å². The molecule has 3 rings (SSSR count). The van der Waals surface area contributed by atoms with Gasteiger partial charge >= 0.3 is 0 Å². The van der Waals surface area contributed by atoms with Gasteiger partial charge < -0.3 is 19.5 Å². The fourth-order valence-electron chi connectivity index (χ4n) is 2.31. The van der Waals surface area contributed by atoms with Crippen LogP contribution in [-0.4, -0.2) is 26.0 Å². The zero-order valence-corrected chi connectivity index (χ0v) is 11.7. The molecule has 0 amide bonds. The normalized spacial score (nSPS) is 21.5. The number of ether oxygens (including phenoxy) is 3. The molecule has 2 heterocycles. The second-order valence-electron chi connectivity index (χ2n) is 4.58. The lowest BCUT2D eigenvalue weighted by Crippen LogP contribution is -2.25. The molecular weight excluding hydrogens is 298 g/mol. The number of nitrogens with one attached hydrogen (secondary N) is 1. The molecule has 0 radical (unpaired) electrons. The molecule has 1 fully saturated rings. The summed E-state index contributed by atoms with van der Waals surface area (Å²) >= 11 is 3.50. The summed E-state index contributed by atoms with van der Waals surface area (Å²) in [5, 5.41) is 3.42. The Morgan fingerprint density at radius 2 is 2.28 bits per heavy atom. The van der Waals surface area contributed by atoms with Crippen LogP contribution in [0, 0.1) is 0 Å². The molecule has 18 heavy (non-hydrogen) atoms. The SMILES string of the molecule is Brc1cc(CNCC2CCCO2)cc2c1OCO2. The topological polar surface area (TPSA) is 39.7 Å². The smallest absolute Gasteiger partial charge is 0.231 e. The third-order valence-electron chi connectivity index (χ3n) is 3.21. The summed E-state index contributed by atoms with van der Waals surface area (Å²) < 4.78 is 17.3. The summed E-state index contributed by atoms with van der Waals surface area (Å²) in [5.41, 5.74) is 1.18. The van der Waals surface area contributed by atoms with Gasteiger partial charge in [0.15, 0.2) is 11.5 Å². The molecule has 1 aromatic rings. The minimum Gasteiger partial charge on any atom is -0.454 e. The van der Waals surface area contributed by atoms with Gasteiger partial charge in [0.1, 0.15) is 0 Å². The fraction of sp³-hybridized carbons (Fsp3) is 0.538. The van der Waals surface area contributed by atoms with Crippen LogP contribution in [0.3, 0.4) is 0 Å². The molecule has 1 N–H and O–H groups in total. The Kier molecular flexibility index (Phi) is 3.72. The Hall–Kier alpha value is -0.780.